The quantitative estimate of drug-likeness (QED) is 0.737. The minimum atomic E-state index is 0.299. The molecule has 3 atom stereocenters. The van der Waals surface area contributed by atoms with E-state index in [-0.39, 0.29) is 0 Å². The van der Waals surface area contributed by atoms with Crippen LogP contribution in [-0.2, 0) is 5.41 Å². The highest BCUT2D eigenvalue weighted by Gasteiger charge is 2.53. The molecule has 2 heteroatoms. The smallest absolute Gasteiger partial charge is 0.0874 e. The summed E-state index contributed by atoms with van der Waals surface area (Å²) in [6.07, 6.45) is 10.5. The summed E-state index contributed by atoms with van der Waals surface area (Å²) in [5.41, 5.74) is 3.18. The average Bonchev–Trinajstić information content (AvgIpc) is 2.96. The second kappa shape index (κ2) is 3.86. The summed E-state index contributed by atoms with van der Waals surface area (Å²) in [6, 6.07) is 8.88. The van der Waals surface area contributed by atoms with Gasteiger partial charge in [-0.2, -0.15) is 0 Å². The van der Waals surface area contributed by atoms with E-state index in [1.165, 1.54) is 36.9 Å². The predicted octanol–water partition coefficient (Wildman–Crippen LogP) is 3.03. The lowest BCUT2D eigenvalue weighted by molar-refractivity contribution is 0.286. The predicted molar refractivity (Wildman–Crippen MR) is 74.6 cm³/mol. The van der Waals surface area contributed by atoms with Crippen LogP contribution in [0.3, 0.4) is 0 Å². The zero-order valence-corrected chi connectivity index (χ0v) is 10.7. The fourth-order valence-corrected chi connectivity index (χ4v) is 4.23. The number of para-hydroxylation sites is 1. The van der Waals surface area contributed by atoms with Crippen LogP contribution in [0, 0.1) is 5.92 Å². The van der Waals surface area contributed by atoms with Crippen LogP contribution in [0.15, 0.2) is 36.4 Å². The molecule has 2 nitrogen and oxygen atoms in total. The van der Waals surface area contributed by atoms with Gasteiger partial charge in [-0.1, -0.05) is 30.4 Å². The summed E-state index contributed by atoms with van der Waals surface area (Å²) < 4.78 is 0. The van der Waals surface area contributed by atoms with Crippen molar-refractivity contribution in [2.24, 2.45) is 5.92 Å². The third-order valence-electron chi connectivity index (χ3n) is 5.05. The Labute approximate surface area is 108 Å². The molecule has 2 N–H and O–H groups in total. The van der Waals surface area contributed by atoms with Crippen molar-refractivity contribution >= 4 is 5.69 Å². The van der Waals surface area contributed by atoms with E-state index in [4.69, 9.17) is 0 Å². The van der Waals surface area contributed by atoms with Crippen molar-refractivity contribution in [3.63, 3.8) is 0 Å². The minimum Gasteiger partial charge on any atom is -0.369 e. The molecule has 0 spiro atoms. The largest absolute Gasteiger partial charge is 0.369 e. The summed E-state index contributed by atoms with van der Waals surface area (Å²) in [5.74, 6) is 0.697. The van der Waals surface area contributed by atoms with Crippen molar-refractivity contribution < 1.29 is 0 Å². The van der Waals surface area contributed by atoms with E-state index in [0.29, 0.717) is 17.5 Å². The first kappa shape index (κ1) is 10.6. The maximum Gasteiger partial charge on any atom is 0.0874 e. The van der Waals surface area contributed by atoms with Gasteiger partial charge in [-0.25, -0.2) is 0 Å². The van der Waals surface area contributed by atoms with E-state index in [2.05, 4.69) is 47.1 Å². The second-order valence-electron chi connectivity index (χ2n) is 5.83. The maximum absolute atomic E-state index is 3.69. The molecule has 4 rings (SSSR count). The van der Waals surface area contributed by atoms with Gasteiger partial charge in [-0.3, -0.25) is 5.32 Å². The Morgan fingerprint density at radius 3 is 3.06 bits per heavy atom. The molecule has 0 bridgehead atoms. The van der Waals surface area contributed by atoms with Crippen LogP contribution in [0.2, 0.25) is 0 Å². The Balaban J connectivity index is 1.85. The van der Waals surface area contributed by atoms with Crippen molar-refractivity contribution in [3.05, 3.63) is 42.0 Å². The van der Waals surface area contributed by atoms with Crippen LogP contribution in [0.1, 0.15) is 31.2 Å². The molecular weight excluding hydrogens is 220 g/mol. The minimum absolute atomic E-state index is 0.299. The van der Waals surface area contributed by atoms with Crippen LogP contribution < -0.4 is 10.6 Å². The van der Waals surface area contributed by atoms with Gasteiger partial charge in [0, 0.05) is 11.1 Å². The maximum atomic E-state index is 3.69. The number of allylic oxidation sites excluding steroid dienone is 2. The molecule has 2 aliphatic heterocycles. The molecule has 0 amide bonds. The summed E-state index contributed by atoms with van der Waals surface area (Å²) in [6.45, 7) is 1.14. The van der Waals surface area contributed by atoms with Crippen LogP contribution >= 0.6 is 0 Å². The van der Waals surface area contributed by atoms with E-state index < -0.39 is 0 Å². The lowest BCUT2D eigenvalue weighted by atomic mass is 9.66. The first-order chi connectivity index (χ1) is 8.91. The molecule has 0 saturated carbocycles. The Hall–Kier alpha value is -1.28. The molecule has 1 fully saturated rings. The number of nitrogens with one attached hydrogen (secondary N) is 2. The summed E-state index contributed by atoms with van der Waals surface area (Å²) in [5, 5.41) is 7.35. The molecule has 94 valence electrons. The van der Waals surface area contributed by atoms with E-state index in [9.17, 15) is 0 Å². The third kappa shape index (κ3) is 1.27. The lowest BCUT2D eigenvalue weighted by Gasteiger charge is -2.37. The molecule has 1 aromatic rings. The molecule has 1 aliphatic carbocycles. The molecule has 3 aliphatic rings. The van der Waals surface area contributed by atoms with E-state index >= 15 is 0 Å². The van der Waals surface area contributed by atoms with Gasteiger partial charge in [0.05, 0.1) is 6.17 Å². The van der Waals surface area contributed by atoms with Gasteiger partial charge in [-0.15, -0.1) is 0 Å². The molecule has 1 aromatic carbocycles. The van der Waals surface area contributed by atoms with Crippen molar-refractivity contribution in [1.82, 2.24) is 5.32 Å². The van der Waals surface area contributed by atoms with Gasteiger partial charge in [0.1, 0.15) is 0 Å². The number of benzene rings is 1. The van der Waals surface area contributed by atoms with E-state index in [0.717, 1.165) is 6.54 Å². The number of anilines is 1. The fourth-order valence-electron chi connectivity index (χ4n) is 4.23. The number of hydrogen-bond donors (Lipinski definition) is 2. The highest BCUT2D eigenvalue weighted by molar-refractivity contribution is 5.63. The monoisotopic (exact) mass is 240 g/mol. The van der Waals surface area contributed by atoms with Gasteiger partial charge in [0.15, 0.2) is 0 Å². The normalized spacial score (nSPS) is 37.1. The number of hydrogen-bond acceptors (Lipinski definition) is 2. The molecule has 0 radical (unpaired) electrons. The summed E-state index contributed by atoms with van der Waals surface area (Å²) >= 11 is 0. The standard InChI is InChI=1S/C16H20N2/c1-2-6-12(7-3-1)16-10-11-17-15(16)18-14-9-5-4-8-13(14)16/h2,4-6,8-9,12,15,17-18H,1,3,7,10-11H2/t12?,15-,16-/m1/s1. The highest BCUT2D eigenvalue weighted by atomic mass is 15.2. The highest BCUT2D eigenvalue weighted by Crippen LogP contribution is 2.52. The third-order valence-corrected chi connectivity index (χ3v) is 5.05. The average molecular weight is 240 g/mol. The van der Waals surface area contributed by atoms with Crippen LogP contribution in [0.25, 0.3) is 0 Å². The Bertz CT molecular complexity index is 494. The van der Waals surface area contributed by atoms with Crippen molar-refractivity contribution in [2.45, 2.75) is 37.3 Å². The van der Waals surface area contributed by atoms with E-state index in [1.807, 2.05) is 0 Å². The van der Waals surface area contributed by atoms with Gasteiger partial charge in [-0.05, 0) is 49.8 Å². The molecule has 2 heterocycles. The van der Waals surface area contributed by atoms with E-state index in [1.54, 1.807) is 0 Å². The second-order valence-corrected chi connectivity index (χ2v) is 5.83. The van der Waals surface area contributed by atoms with Crippen LogP contribution in [0.4, 0.5) is 5.69 Å². The summed E-state index contributed by atoms with van der Waals surface area (Å²) in [7, 11) is 0. The van der Waals surface area contributed by atoms with Crippen molar-refractivity contribution in [2.75, 3.05) is 11.9 Å². The molecule has 1 unspecified atom stereocenters. The van der Waals surface area contributed by atoms with Gasteiger partial charge in [0.2, 0.25) is 0 Å². The molecule has 0 aromatic heterocycles. The Morgan fingerprint density at radius 2 is 2.17 bits per heavy atom. The van der Waals surface area contributed by atoms with Crippen molar-refractivity contribution in [3.8, 4) is 0 Å². The molecule has 18 heavy (non-hydrogen) atoms. The Kier molecular flexibility index (Phi) is 2.28. The first-order valence-corrected chi connectivity index (χ1v) is 7.17. The van der Waals surface area contributed by atoms with Crippen LogP contribution in [0.5, 0.6) is 0 Å². The SMILES string of the molecule is C1=CC([C@@]23CCN[C@@H]2Nc2ccccc23)CCC1. The zero-order valence-electron chi connectivity index (χ0n) is 10.7. The Morgan fingerprint density at radius 1 is 1.22 bits per heavy atom. The fraction of sp³-hybridized carbons (Fsp3) is 0.500. The topological polar surface area (TPSA) is 24.1 Å². The zero-order chi connectivity index (χ0) is 12.0. The lowest BCUT2D eigenvalue weighted by Crippen LogP contribution is -2.45. The van der Waals surface area contributed by atoms with Gasteiger partial charge >= 0.3 is 0 Å². The molecular formula is C16H20N2. The first-order valence-electron chi connectivity index (χ1n) is 7.17. The van der Waals surface area contributed by atoms with Crippen LogP contribution in [-0.4, -0.2) is 12.7 Å². The van der Waals surface area contributed by atoms with Gasteiger partial charge in [0.25, 0.3) is 0 Å². The number of fused-ring (bicyclic) bond motifs is 3. The van der Waals surface area contributed by atoms with Crippen molar-refractivity contribution in [1.29, 1.82) is 0 Å². The summed E-state index contributed by atoms with van der Waals surface area (Å²) in [4.78, 5) is 0. The van der Waals surface area contributed by atoms with Gasteiger partial charge < -0.3 is 5.32 Å². The molecule has 1 saturated heterocycles. The number of rotatable bonds is 1.